The third-order valence-corrected chi connectivity index (χ3v) is 4.93. The average molecular weight is 310 g/mol. The lowest BCUT2D eigenvalue weighted by Crippen LogP contribution is -2.31. The van der Waals surface area contributed by atoms with E-state index < -0.39 is 0 Å². The Kier molecular flexibility index (Phi) is 5.14. The number of nitrogens with zero attached hydrogens (tertiary/aromatic N) is 2. The number of carbonyl (C=O) groups excluding carboxylic acids is 1. The molecule has 20 heavy (non-hydrogen) atoms. The molecule has 108 valence electrons. The fourth-order valence-corrected chi connectivity index (χ4v) is 3.49. The molecule has 0 saturated carbocycles. The Balaban J connectivity index is 1.94. The minimum atomic E-state index is 0.0107. The highest BCUT2D eigenvalue weighted by molar-refractivity contribution is 7.09. The zero-order chi connectivity index (χ0) is 14.5. The number of hydrogen-bond donors (Lipinski definition) is 0. The van der Waals surface area contributed by atoms with Crippen molar-refractivity contribution in [2.75, 3.05) is 6.54 Å². The minimum Gasteiger partial charge on any atom is -0.338 e. The molecule has 0 unspecified atom stereocenters. The largest absolute Gasteiger partial charge is 0.338 e. The van der Waals surface area contributed by atoms with E-state index in [1.54, 1.807) is 15.9 Å². The van der Waals surface area contributed by atoms with Gasteiger partial charge in [-0.2, -0.15) is 0 Å². The summed E-state index contributed by atoms with van der Waals surface area (Å²) in [5.41, 5.74) is 0.925. The molecule has 2 aromatic rings. The summed E-state index contributed by atoms with van der Waals surface area (Å²) in [5.74, 6) is 0.0957. The van der Waals surface area contributed by atoms with Crippen LogP contribution in [0.2, 0.25) is 0 Å². The van der Waals surface area contributed by atoms with Crippen LogP contribution in [0.4, 0.5) is 0 Å². The Morgan fingerprint density at radius 1 is 1.40 bits per heavy atom. The van der Waals surface area contributed by atoms with Crippen molar-refractivity contribution in [1.82, 2.24) is 9.47 Å². The van der Waals surface area contributed by atoms with Gasteiger partial charge in [0.2, 0.25) is 5.91 Å². The predicted molar refractivity (Wildman–Crippen MR) is 83.3 cm³/mol. The van der Waals surface area contributed by atoms with E-state index in [2.05, 4.69) is 0 Å². The number of aryl methyl sites for hydroxylation is 1. The molecule has 1 amide bonds. The van der Waals surface area contributed by atoms with Gasteiger partial charge >= 0.3 is 4.87 Å². The van der Waals surface area contributed by atoms with Crippen molar-refractivity contribution in [1.29, 1.82) is 0 Å². The van der Waals surface area contributed by atoms with E-state index in [-0.39, 0.29) is 10.8 Å². The van der Waals surface area contributed by atoms with Crippen molar-refractivity contribution in [3.05, 3.63) is 43.1 Å². The van der Waals surface area contributed by atoms with E-state index in [1.165, 1.54) is 16.2 Å². The van der Waals surface area contributed by atoms with Gasteiger partial charge in [0.1, 0.15) is 0 Å². The molecule has 0 radical (unpaired) electrons. The maximum absolute atomic E-state index is 12.2. The van der Waals surface area contributed by atoms with Crippen LogP contribution in [0, 0.1) is 6.92 Å². The van der Waals surface area contributed by atoms with Crippen molar-refractivity contribution in [2.45, 2.75) is 33.4 Å². The van der Waals surface area contributed by atoms with Crippen LogP contribution < -0.4 is 4.87 Å². The van der Waals surface area contributed by atoms with Gasteiger partial charge in [0.05, 0.1) is 6.54 Å². The first kappa shape index (κ1) is 15.0. The molecule has 2 rings (SSSR count). The topological polar surface area (TPSA) is 42.3 Å². The van der Waals surface area contributed by atoms with E-state index in [0.717, 1.165) is 5.69 Å². The molecule has 2 aromatic heterocycles. The zero-order valence-corrected chi connectivity index (χ0v) is 13.3. The molecule has 0 aliphatic rings. The number of carbonyl (C=O) groups is 1. The van der Waals surface area contributed by atoms with Crippen LogP contribution in [0.25, 0.3) is 0 Å². The maximum Gasteiger partial charge on any atom is 0.307 e. The SMILES string of the molecule is CCN(Cc1cccs1)C(=O)CCn1c(C)csc1=O. The van der Waals surface area contributed by atoms with E-state index in [9.17, 15) is 9.59 Å². The molecule has 0 aliphatic heterocycles. The summed E-state index contributed by atoms with van der Waals surface area (Å²) < 4.78 is 1.67. The van der Waals surface area contributed by atoms with E-state index in [1.807, 2.05) is 41.6 Å². The molecule has 0 fully saturated rings. The van der Waals surface area contributed by atoms with Crippen LogP contribution in [0.3, 0.4) is 0 Å². The highest BCUT2D eigenvalue weighted by Gasteiger charge is 2.13. The van der Waals surface area contributed by atoms with Crippen LogP contribution in [0.1, 0.15) is 23.9 Å². The van der Waals surface area contributed by atoms with Crippen LogP contribution in [0.15, 0.2) is 27.7 Å². The fraction of sp³-hybridized carbons (Fsp3) is 0.429. The summed E-state index contributed by atoms with van der Waals surface area (Å²) in [6.45, 7) is 5.69. The summed E-state index contributed by atoms with van der Waals surface area (Å²) >= 11 is 2.84. The molecule has 0 N–H and O–H groups in total. The number of thiazole rings is 1. The van der Waals surface area contributed by atoms with Crippen LogP contribution >= 0.6 is 22.7 Å². The minimum absolute atomic E-state index is 0.0107. The second-order valence-corrected chi connectivity index (χ2v) is 6.38. The van der Waals surface area contributed by atoms with Crippen LogP contribution in [0.5, 0.6) is 0 Å². The number of amides is 1. The Morgan fingerprint density at radius 3 is 2.75 bits per heavy atom. The van der Waals surface area contributed by atoms with Crippen molar-refractivity contribution >= 4 is 28.6 Å². The Labute approximate surface area is 126 Å². The first-order chi connectivity index (χ1) is 9.61. The summed E-state index contributed by atoms with van der Waals surface area (Å²) in [7, 11) is 0. The molecule has 4 nitrogen and oxygen atoms in total. The molecular formula is C14H18N2O2S2. The summed E-state index contributed by atoms with van der Waals surface area (Å²) in [4.78, 5) is 26.9. The third kappa shape index (κ3) is 3.58. The second-order valence-electron chi connectivity index (χ2n) is 4.53. The smallest absolute Gasteiger partial charge is 0.307 e. The Bertz CT molecular complexity index is 613. The first-order valence-electron chi connectivity index (χ1n) is 6.57. The van der Waals surface area contributed by atoms with E-state index in [4.69, 9.17) is 0 Å². The molecule has 0 atom stereocenters. The fourth-order valence-electron chi connectivity index (χ4n) is 2.01. The maximum atomic E-state index is 12.2. The zero-order valence-electron chi connectivity index (χ0n) is 11.7. The monoisotopic (exact) mass is 310 g/mol. The van der Waals surface area contributed by atoms with Crippen molar-refractivity contribution in [3.8, 4) is 0 Å². The van der Waals surface area contributed by atoms with Gasteiger partial charge in [-0.15, -0.1) is 11.3 Å². The molecule has 6 heteroatoms. The second kappa shape index (κ2) is 6.85. The Morgan fingerprint density at radius 2 is 2.20 bits per heavy atom. The highest BCUT2D eigenvalue weighted by atomic mass is 32.1. The number of thiophene rings is 1. The highest BCUT2D eigenvalue weighted by Crippen LogP contribution is 2.13. The summed E-state index contributed by atoms with van der Waals surface area (Å²) in [6.07, 6.45) is 0.372. The van der Waals surface area contributed by atoms with Gasteiger partial charge in [0.15, 0.2) is 0 Å². The molecule has 0 saturated heterocycles. The predicted octanol–water partition coefficient (Wildman–Crippen LogP) is 2.72. The lowest BCUT2D eigenvalue weighted by Gasteiger charge is -2.20. The lowest BCUT2D eigenvalue weighted by atomic mass is 10.3. The summed E-state index contributed by atoms with van der Waals surface area (Å²) in [6, 6.07) is 4.03. The standard InChI is InChI=1S/C14H18N2O2S2/c1-3-15(9-12-5-4-8-19-12)13(17)6-7-16-11(2)10-20-14(16)18/h4-5,8,10H,3,6-7,9H2,1-2H3. The van der Waals surface area contributed by atoms with E-state index >= 15 is 0 Å². The van der Waals surface area contributed by atoms with Gasteiger partial charge in [-0.05, 0) is 25.3 Å². The van der Waals surface area contributed by atoms with Crippen molar-refractivity contribution < 1.29 is 4.79 Å². The first-order valence-corrected chi connectivity index (χ1v) is 8.32. The lowest BCUT2D eigenvalue weighted by molar-refractivity contribution is -0.131. The van der Waals surface area contributed by atoms with Crippen LogP contribution in [-0.4, -0.2) is 21.9 Å². The normalized spacial score (nSPS) is 10.7. The van der Waals surface area contributed by atoms with E-state index in [0.29, 0.717) is 26.1 Å². The molecule has 2 heterocycles. The van der Waals surface area contributed by atoms with Crippen molar-refractivity contribution in [3.63, 3.8) is 0 Å². The van der Waals surface area contributed by atoms with Gasteiger partial charge in [-0.25, -0.2) is 0 Å². The van der Waals surface area contributed by atoms with Gasteiger partial charge in [0, 0.05) is 35.5 Å². The third-order valence-electron chi connectivity index (χ3n) is 3.19. The molecule has 0 aromatic carbocycles. The molecular weight excluding hydrogens is 292 g/mol. The average Bonchev–Trinajstić information content (AvgIpc) is 3.05. The molecule has 0 bridgehead atoms. The van der Waals surface area contributed by atoms with Crippen LogP contribution in [-0.2, 0) is 17.9 Å². The Hall–Kier alpha value is -1.40. The van der Waals surface area contributed by atoms with Crippen molar-refractivity contribution in [2.24, 2.45) is 0 Å². The number of aromatic nitrogens is 1. The van der Waals surface area contributed by atoms with Gasteiger partial charge in [0.25, 0.3) is 0 Å². The van der Waals surface area contributed by atoms with Gasteiger partial charge < -0.3 is 9.47 Å². The quantitative estimate of drug-likeness (QED) is 0.823. The van der Waals surface area contributed by atoms with Gasteiger partial charge in [-0.1, -0.05) is 17.4 Å². The molecule has 0 aliphatic carbocycles. The number of hydrogen-bond acceptors (Lipinski definition) is 4. The van der Waals surface area contributed by atoms with Gasteiger partial charge in [-0.3, -0.25) is 9.59 Å². The summed E-state index contributed by atoms with van der Waals surface area (Å²) in [5, 5.41) is 3.85. The number of rotatable bonds is 6. The molecule has 0 spiro atoms.